The third-order valence-electron chi connectivity index (χ3n) is 5.04. The topological polar surface area (TPSA) is 87.6 Å². The van der Waals surface area contributed by atoms with Gasteiger partial charge in [-0.3, -0.25) is 9.79 Å². The smallest absolute Gasteiger partial charge is 0.255 e. The fraction of sp³-hybridized carbons (Fsp3) is 0.333. The zero-order valence-corrected chi connectivity index (χ0v) is 18.2. The van der Waals surface area contributed by atoms with Gasteiger partial charge in [-0.05, 0) is 61.7 Å². The van der Waals surface area contributed by atoms with Gasteiger partial charge in [-0.15, -0.1) is 0 Å². The fourth-order valence-electron chi connectivity index (χ4n) is 3.68. The maximum absolute atomic E-state index is 12.7. The Hall–Kier alpha value is -2.32. The van der Waals surface area contributed by atoms with E-state index in [0.717, 1.165) is 28.1 Å². The van der Waals surface area contributed by atoms with Gasteiger partial charge in [0, 0.05) is 22.2 Å². The number of nitrogens with zero attached hydrogens (tertiary/aromatic N) is 1. The third-order valence-corrected chi connectivity index (χ3v) is 8.18. The number of aryl methyl sites for hydroxylation is 3. The molecule has 1 saturated heterocycles. The Morgan fingerprint density at radius 1 is 1.07 bits per heavy atom. The molecule has 1 fully saturated rings. The molecule has 2 aromatic rings. The summed E-state index contributed by atoms with van der Waals surface area (Å²) in [6.45, 7) is 5.95. The second-order valence-electron chi connectivity index (χ2n) is 7.72. The molecular weight excluding hydrogens is 406 g/mol. The molecule has 0 saturated carbocycles. The van der Waals surface area contributed by atoms with Crippen molar-refractivity contribution in [2.45, 2.75) is 32.1 Å². The van der Waals surface area contributed by atoms with Gasteiger partial charge in [-0.2, -0.15) is 0 Å². The number of fused-ring (bicyclic) bond motifs is 1. The molecule has 152 valence electrons. The number of benzene rings is 2. The number of sulfone groups is 1. The summed E-state index contributed by atoms with van der Waals surface area (Å²) in [4.78, 5) is 17.3. The maximum atomic E-state index is 12.7. The number of amidine groups is 1. The van der Waals surface area contributed by atoms with E-state index in [1.54, 1.807) is 12.1 Å². The van der Waals surface area contributed by atoms with E-state index in [2.05, 4.69) is 21.7 Å². The maximum Gasteiger partial charge on any atom is 0.255 e. The number of rotatable bonds is 3. The summed E-state index contributed by atoms with van der Waals surface area (Å²) in [5, 5.41) is 6.93. The minimum atomic E-state index is -2.97. The highest BCUT2D eigenvalue weighted by Crippen LogP contribution is 2.35. The van der Waals surface area contributed by atoms with Crippen LogP contribution in [0.4, 0.5) is 11.4 Å². The highest BCUT2D eigenvalue weighted by atomic mass is 32.2. The molecule has 2 aliphatic heterocycles. The molecule has 8 heteroatoms. The molecule has 0 spiro atoms. The average molecular weight is 430 g/mol. The quantitative estimate of drug-likeness (QED) is 0.779. The number of hydrogen-bond donors (Lipinski definition) is 2. The molecule has 2 aromatic carbocycles. The number of anilines is 2. The van der Waals surface area contributed by atoms with Crippen LogP contribution >= 0.6 is 11.8 Å². The first-order chi connectivity index (χ1) is 13.7. The van der Waals surface area contributed by atoms with Crippen molar-refractivity contribution in [3.63, 3.8) is 0 Å². The molecule has 0 radical (unpaired) electrons. The number of nitrogens with one attached hydrogen (secondary N) is 2. The predicted molar refractivity (Wildman–Crippen MR) is 120 cm³/mol. The lowest BCUT2D eigenvalue weighted by Crippen LogP contribution is -2.15. The van der Waals surface area contributed by atoms with Gasteiger partial charge in [-0.25, -0.2) is 8.42 Å². The molecule has 0 bridgehead atoms. The van der Waals surface area contributed by atoms with Crippen LogP contribution in [0.5, 0.6) is 0 Å². The lowest BCUT2D eigenvalue weighted by molar-refractivity contribution is 0.102. The van der Waals surface area contributed by atoms with E-state index in [9.17, 15) is 13.2 Å². The Labute approximate surface area is 175 Å². The van der Waals surface area contributed by atoms with Crippen molar-refractivity contribution in [2.24, 2.45) is 4.99 Å². The van der Waals surface area contributed by atoms with Crippen LogP contribution in [-0.2, 0) is 9.84 Å². The Kier molecular flexibility index (Phi) is 5.16. The summed E-state index contributed by atoms with van der Waals surface area (Å²) in [6, 6.07) is 11.3. The molecule has 2 N–H and O–H groups in total. The zero-order chi connectivity index (χ0) is 20.8. The largest absolute Gasteiger partial charge is 0.335 e. The van der Waals surface area contributed by atoms with Crippen molar-refractivity contribution in [2.75, 3.05) is 22.1 Å². The number of hydrogen-bond acceptors (Lipinski definition) is 6. The van der Waals surface area contributed by atoms with Gasteiger partial charge in [0.15, 0.2) is 15.0 Å². The van der Waals surface area contributed by atoms with Gasteiger partial charge in [0.25, 0.3) is 5.91 Å². The van der Waals surface area contributed by atoms with Crippen LogP contribution in [-0.4, -0.2) is 42.3 Å². The van der Waals surface area contributed by atoms with E-state index in [4.69, 9.17) is 0 Å². The monoisotopic (exact) mass is 429 g/mol. The summed E-state index contributed by atoms with van der Waals surface area (Å²) in [6.07, 6.45) is 0. The van der Waals surface area contributed by atoms with Crippen LogP contribution < -0.4 is 10.6 Å². The fourth-order valence-corrected chi connectivity index (χ4v) is 7.35. The first-order valence-corrected chi connectivity index (χ1v) is 12.1. The lowest BCUT2D eigenvalue weighted by Gasteiger charge is -2.12. The standard InChI is InChI=1S/C21H23N3O3S2/c1-12-6-13(2)8-16(7-12)22-20(25)15-5-4-14(3)17(9-15)23-21-24-18-10-29(26,27)11-19(18)28-21/h4-9,18-19H,10-11H2,1-3H3,(H,22,25)(H,23,24)/t18-,19+/m0/s1. The molecule has 2 heterocycles. The molecule has 4 rings (SSSR count). The van der Waals surface area contributed by atoms with Crippen molar-refractivity contribution in [1.29, 1.82) is 0 Å². The third kappa shape index (κ3) is 4.48. The molecule has 6 nitrogen and oxygen atoms in total. The summed E-state index contributed by atoms with van der Waals surface area (Å²) in [7, 11) is -2.97. The van der Waals surface area contributed by atoms with E-state index in [1.807, 2.05) is 39.0 Å². The van der Waals surface area contributed by atoms with Gasteiger partial charge >= 0.3 is 0 Å². The SMILES string of the molecule is Cc1cc(C)cc(NC(=O)c2ccc(C)c(NC3=N[C@H]4CS(=O)(=O)C[C@H]4S3)c2)c1. The van der Waals surface area contributed by atoms with Gasteiger partial charge in [0.05, 0.1) is 17.5 Å². The Morgan fingerprint density at radius 2 is 1.79 bits per heavy atom. The summed E-state index contributed by atoms with van der Waals surface area (Å²) in [5.41, 5.74) is 5.29. The molecule has 0 unspecified atom stereocenters. The highest BCUT2D eigenvalue weighted by molar-refractivity contribution is 8.15. The minimum Gasteiger partial charge on any atom is -0.335 e. The van der Waals surface area contributed by atoms with Crippen molar-refractivity contribution >= 4 is 44.0 Å². The first-order valence-electron chi connectivity index (χ1n) is 9.41. The van der Waals surface area contributed by atoms with Gasteiger partial charge in [-0.1, -0.05) is 23.9 Å². The normalized spacial score (nSPS) is 22.1. The van der Waals surface area contributed by atoms with E-state index in [1.165, 1.54) is 11.8 Å². The Bertz CT molecular complexity index is 1110. The van der Waals surface area contributed by atoms with E-state index >= 15 is 0 Å². The van der Waals surface area contributed by atoms with Crippen LogP contribution in [0, 0.1) is 20.8 Å². The van der Waals surface area contributed by atoms with Crippen LogP contribution in [0.1, 0.15) is 27.0 Å². The number of carbonyl (C=O) groups excluding carboxylic acids is 1. The Balaban J connectivity index is 1.50. The van der Waals surface area contributed by atoms with Crippen LogP contribution in [0.2, 0.25) is 0 Å². The molecular formula is C21H23N3O3S2. The Morgan fingerprint density at radius 3 is 2.48 bits per heavy atom. The van der Waals surface area contributed by atoms with Crippen LogP contribution in [0.15, 0.2) is 41.4 Å². The van der Waals surface area contributed by atoms with Crippen LogP contribution in [0.3, 0.4) is 0 Å². The van der Waals surface area contributed by atoms with Crippen LogP contribution in [0.25, 0.3) is 0 Å². The average Bonchev–Trinajstić information content (AvgIpc) is 3.08. The molecule has 2 atom stereocenters. The highest BCUT2D eigenvalue weighted by Gasteiger charge is 2.42. The second kappa shape index (κ2) is 7.50. The molecule has 0 aromatic heterocycles. The van der Waals surface area contributed by atoms with Gasteiger partial charge < -0.3 is 10.6 Å². The number of thioether (sulfide) groups is 1. The molecule has 2 aliphatic rings. The van der Waals surface area contributed by atoms with E-state index in [-0.39, 0.29) is 28.7 Å². The summed E-state index contributed by atoms with van der Waals surface area (Å²) < 4.78 is 23.5. The van der Waals surface area contributed by atoms with E-state index in [0.29, 0.717) is 10.7 Å². The van der Waals surface area contributed by atoms with Crippen molar-refractivity contribution in [1.82, 2.24) is 0 Å². The van der Waals surface area contributed by atoms with Gasteiger partial charge in [0.1, 0.15) is 0 Å². The second-order valence-corrected chi connectivity index (χ2v) is 11.1. The first kappa shape index (κ1) is 20.0. The zero-order valence-electron chi connectivity index (χ0n) is 16.5. The summed E-state index contributed by atoms with van der Waals surface area (Å²) in [5.74, 6) is 0.115. The van der Waals surface area contributed by atoms with Crippen molar-refractivity contribution in [3.05, 3.63) is 58.7 Å². The molecule has 1 amide bonds. The number of amides is 1. The summed E-state index contributed by atoms with van der Waals surface area (Å²) >= 11 is 1.47. The number of carbonyl (C=O) groups is 1. The van der Waals surface area contributed by atoms with Crippen molar-refractivity contribution < 1.29 is 13.2 Å². The minimum absolute atomic E-state index is 0.0150. The lowest BCUT2D eigenvalue weighted by atomic mass is 10.1. The molecule has 29 heavy (non-hydrogen) atoms. The molecule has 0 aliphatic carbocycles. The predicted octanol–water partition coefficient (Wildman–Crippen LogP) is 3.54. The van der Waals surface area contributed by atoms with Crippen molar-refractivity contribution in [3.8, 4) is 0 Å². The van der Waals surface area contributed by atoms with Gasteiger partial charge in [0.2, 0.25) is 0 Å². The van der Waals surface area contributed by atoms with E-state index < -0.39 is 9.84 Å². The number of aliphatic imine (C=N–C) groups is 1.